The number of nitrogens with zero attached hydrogens (tertiary/aromatic N) is 2. The minimum absolute atomic E-state index is 0.143. The Morgan fingerprint density at radius 3 is 2.27 bits per heavy atom. The lowest BCUT2D eigenvalue weighted by molar-refractivity contribution is 0.170. The van der Waals surface area contributed by atoms with Crippen LogP contribution in [0.15, 0.2) is 55.1 Å². The molecule has 0 amide bonds. The molecule has 1 aromatic heterocycles. The van der Waals surface area contributed by atoms with E-state index in [1.165, 1.54) is 5.56 Å². The van der Waals surface area contributed by atoms with E-state index >= 15 is 0 Å². The zero-order valence-electron chi connectivity index (χ0n) is 13.7. The molecule has 0 N–H and O–H groups in total. The van der Waals surface area contributed by atoms with Crippen molar-refractivity contribution >= 4 is 46.4 Å². The van der Waals surface area contributed by atoms with E-state index in [0.717, 1.165) is 17.9 Å². The summed E-state index contributed by atoms with van der Waals surface area (Å²) in [6.07, 6.45) is 6.84. The summed E-state index contributed by atoms with van der Waals surface area (Å²) in [5.74, 6) is 0.443. The van der Waals surface area contributed by atoms with E-state index in [2.05, 4.69) is 4.98 Å². The standard InChI is InChI=1S/C19H16Cl4N2O/c20-14-4-1-13(2-5-14)3-6-16(11-25-8-7-24-12-25)26-19-17(22)9-15(21)10-18(19)23/h1-2,4-5,7-10,12,16H,3,6,11H2. The Kier molecular flexibility index (Phi) is 6.71. The van der Waals surface area contributed by atoms with Gasteiger partial charge in [0.1, 0.15) is 6.10 Å². The van der Waals surface area contributed by atoms with Crippen molar-refractivity contribution in [3.8, 4) is 5.75 Å². The molecule has 0 bridgehead atoms. The van der Waals surface area contributed by atoms with Crippen LogP contribution >= 0.6 is 46.4 Å². The molecule has 0 aliphatic rings. The third-order valence-electron chi connectivity index (χ3n) is 3.89. The number of aryl methyl sites for hydroxylation is 1. The van der Waals surface area contributed by atoms with Crippen LogP contribution in [0.4, 0.5) is 0 Å². The maximum atomic E-state index is 6.27. The fourth-order valence-electron chi connectivity index (χ4n) is 2.60. The van der Waals surface area contributed by atoms with Crippen LogP contribution in [-0.2, 0) is 13.0 Å². The van der Waals surface area contributed by atoms with Gasteiger partial charge in [0.25, 0.3) is 0 Å². The van der Waals surface area contributed by atoms with E-state index in [1.807, 2.05) is 35.0 Å². The first-order chi connectivity index (χ1) is 12.5. The highest BCUT2D eigenvalue weighted by Crippen LogP contribution is 2.37. The Morgan fingerprint density at radius 1 is 0.962 bits per heavy atom. The molecular weight excluding hydrogens is 414 g/mol. The highest BCUT2D eigenvalue weighted by Gasteiger charge is 2.17. The minimum Gasteiger partial charge on any atom is -0.485 e. The summed E-state index contributed by atoms with van der Waals surface area (Å²) in [6, 6.07) is 11.0. The van der Waals surface area contributed by atoms with Gasteiger partial charge in [-0.3, -0.25) is 0 Å². The lowest BCUT2D eigenvalue weighted by Gasteiger charge is -2.21. The van der Waals surface area contributed by atoms with Crippen molar-refractivity contribution in [2.24, 2.45) is 0 Å². The first-order valence-electron chi connectivity index (χ1n) is 8.02. The second-order valence-corrected chi connectivity index (χ2v) is 7.55. The molecule has 0 spiro atoms. The number of ether oxygens (including phenoxy) is 1. The fraction of sp³-hybridized carbons (Fsp3) is 0.211. The minimum atomic E-state index is -0.143. The quantitative estimate of drug-likeness (QED) is 0.424. The van der Waals surface area contributed by atoms with E-state index in [-0.39, 0.29) is 6.10 Å². The SMILES string of the molecule is Clc1ccc(CCC(Cn2ccnc2)Oc2c(Cl)cc(Cl)cc2Cl)cc1. The topological polar surface area (TPSA) is 27.1 Å². The van der Waals surface area contributed by atoms with Gasteiger partial charge in [-0.1, -0.05) is 58.5 Å². The summed E-state index contributed by atoms with van der Waals surface area (Å²) in [5.41, 5.74) is 1.18. The predicted molar refractivity (Wildman–Crippen MR) is 108 cm³/mol. The van der Waals surface area contributed by atoms with Crippen molar-refractivity contribution in [2.45, 2.75) is 25.5 Å². The van der Waals surface area contributed by atoms with Gasteiger partial charge < -0.3 is 9.30 Å². The molecule has 0 saturated carbocycles. The van der Waals surface area contributed by atoms with Crippen LogP contribution in [0.2, 0.25) is 20.1 Å². The Morgan fingerprint density at radius 2 is 1.65 bits per heavy atom. The second-order valence-electron chi connectivity index (χ2n) is 5.86. The Bertz CT molecular complexity index is 827. The summed E-state index contributed by atoms with van der Waals surface area (Å²) in [7, 11) is 0. The lowest BCUT2D eigenvalue weighted by Crippen LogP contribution is -2.24. The molecule has 3 aromatic rings. The maximum Gasteiger partial charge on any atom is 0.157 e. The first kappa shape index (κ1) is 19.4. The predicted octanol–water partition coefficient (Wildman–Crippen LogP) is 6.58. The molecule has 136 valence electrons. The van der Waals surface area contributed by atoms with Crippen molar-refractivity contribution < 1.29 is 4.74 Å². The third kappa shape index (κ3) is 5.31. The van der Waals surface area contributed by atoms with Gasteiger partial charge in [0, 0.05) is 22.4 Å². The average molecular weight is 430 g/mol. The molecule has 3 nitrogen and oxygen atoms in total. The summed E-state index contributed by atoms with van der Waals surface area (Å²) in [4.78, 5) is 4.08. The molecular formula is C19H16Cl4N2O. The second kappa shape index (κ2) is 9.01. The molecule has 0 aliphatic heterocycles. The van der Waals surface area contributed by atoms with E-state index in [9.17, 15) is 0 Å². The van der Waals surface area contributed by atoms with Crippen LogP contribution in [0.3, 0.4) is 0 Å². The highest BCUT2D eigenvalue weighted by atomic mass is 35.5. The summed E-state index contributed by atoms with van der Waals surface area (Å²) < 4.78 is 8.12. The molecule has 0 saturated heterocycles. The molecule has 0 aliphatic carbocycles. The summed E-state index contributed by atoms with van der Waals surface area (Å²) in [6.45, 7) is 0.628. The Balaban J connectivity index is 1.76. The first-order valence-corrected chi connectivity index (χ1v) is 9.54. The van der Waals surface area contributed by atoms with E-state index in [1.54, 1.807) is 24.7 Å². The Hall–Kier alpha value is -1.39. The normalized spacial score (nSPS) is 12.2. The molecule has 2 aromatic carbocycles. The van der Waals surface area contributed by atoms with E-state index in [0.29, 0.717) is 27.4 Å². The number of hydrogen-bond donors (Lipinski definition) is 0. The van der Waals surface area contributed by atoms with Gasteiger partial charge in [-0.15, -0.1) is 0 Å². The molecule has 1 heterocycles. The van der Waals surface area contributed by atoms with Crippen LogP contribution in [0.1, 0.15) is 12.0 Å². The van der Waals surface area contributed by atoms with Gasteiger partial charge in [-0.25, -0.2) is 4.98 Å². The molecule has 0 fully saturated rings. The van der Waals surface area contributed by atoms with Gasteiger partial charge >= 0.3 is 0 Å². The molecule has 3 rings (SSSR count). The molecule has 1 unspecified atom stereocenters. The number of halogens is 4. The van der Waals surface area contributed by atoms with Crippen LogP contribution < -0.4 is 4.74 Å². The number of benzene rings is 2. The zero-order valence-corrected chi connectivity index (χ0v) is 16.7. The van der Waals surface area contributed by atoms with E-state index in [4.69, 9.17) is 51.1 Å². The number of aromatic nitrogens is 2. The fourth-order valence-corrected chi connectivity index (χ4v) is 3.64. The van der Waals surface area contributed by atoms with Crippen LogP contribution in [-0.4, -0.2) is 15.7 Å². The highest BCUT2D eigenvalue weighted by molar-refractivity contribution is 6.40. The summed E-state index contributed by atoms with van der Waals surface area (Å²) >= 11 is 24.5. The van der Waals surface area contributed by atoms with Crippen LogP contribution in [0, 0.1) is 0 Å². The Labute approximate surface area is 172 Å². The van der Waals surface area contributed by atoms with Crippen LogP contribution in [0.25, 0.3) is 0 Å². The largest absolute Gasteiger partial charge is 0.485 e. The maximum absolute atomic E-state index is 6.27. The van der Waals surface area contributed by atoms with Gasteiger partial charge in [0.05, 0.1) is 22.9 Å². The van der Waals surface area contributed by atoms with Gasteiger partial charge in [-0.2, -0.15) is 0 Å². The smallest absolute Gasteiger partial charge is 0.157 e. The third-order valence-corrected chi connectivity index (χ3v) is 4.92. The van der Waals surface area contributed by atoms with Crippen molar-refractivity contribution in [3.05, 3.63) is 80.8 Å². The molecule has 26 heavy (non-hydrogen) atoms. The van der Waals surface area contributed by atoms with Crippen molar-refractivity contribution in [2.75, 3.05) is 0 Å². The van der Waals surface area contributed by atoms with E-state index < -0.39 is 0 Å². The van der Waals surface area contributed by atoms with Gasteiger partial charge in [0.15, 0.2) is 5.75 Å². The van der Waals surface area contributed by atoms with Crippen LogP contribution in [0.5, 0.6) is 5.75 Å². The molecule has 7 heteroatoms. The van der Waals surface area contributed by atoms with Crippen molar-refractivity contribution in [3.63, 3.8) is 0 Å². The molecule has 1 atom stereocenters. The number of hydrogen-bond acceptors (Lipinski definition) is 2. The lowest BCUT2D eigenvalue weighted by atomic mass is 10.1. The van der Waals surface area contributed by atoms with Crippen molar-refractivity contribution in [1.82, 2.24) is 9.55 Å². The number of imidazole rings is 1. The number of rotatable bonds is 7. The molecule has 0 radical (unpaired) electrons. The van der Waals surface area contributed by atoms with Gasteiger partial charge in [0.2, 0.25) is 0 Å². The average Bonchev–Trinajstić information content (AvgIpc) is 3.10. The van der Waals surface area contributed by atoms with Gasteiger partial charge in [-0.05, 0) is 42.7 Å². The monoisotopic (exact) mass is 428 g/mol. The van der Waals surface area contributed by atoms with Crippen molar-refractivity contribution in [1.29, 1.82) is 0 Å². The zero-order chi connectivity index (χ0) is 18.5. The summed E-state index contributed by atoms with van der Waals surface area (Å²) in [5, 5.41) is 1.98.